The molecule has 1 N–H and O–H groups in total. The Balaban J connectivity index is 1.31. The number of benzene rings is 1. The quantitative estimate of drug-likeness (QED) is 0.217. The molecule has 1 aliphatic rings. The van der Waals surface area contributed by atoms with E-state index < -0.39 is 6.17 Å². The summed E-state index contributed by atoms with van der Waals surface area (Å²) in [4.78, 5) is 6.81. The summed E-state index contributed by atoms with van der Waals surface area (Å²) in [6.07, 6.45) is 4.21. The third-order valence-electron chi connectivity index (χ3n) is 6.92. The van der Waals surface area contributed by atoms with E-state index in [9.17, 15) is 5.11 Å². The van der Waals surface area contributed by atoms with E-state index >= 15 is 4.39 Å². The fourth-order valence-electron chi connectivity index (χ4n) is 4.74. The van der Waals surface area contributed by atoms with Gasteiger partial charge in [-0.05, 0) is 86.8 Å². The van der Waals surface area contributed by atoms with Gasteiger partial charge in [0.1, 0.15) is 11.9 Å². The molecule has 0 spiro atoms. The van der Waals surface area contributed by atoms with E-state index in [1.165, 1.54) is 10.4 Å². The van der Waals surface area contributed by atoms with Crippen LogP contribution in [0, 0.1) is 5.41 Å². The molecule has 0 bridgehead atoms. The van der Waals surface area contributed by atoms with Crippen molar-refractivity contribution in [2.75, 3.05) is 39.1 Å². The molecule has 4 rings (SSSR count). The predicted molar refractivity (Wildman–Crippen MR) is 141 cm³/mol. The number of nitrogens with zero attached hydrogens (tertiary/aromatic N) is 2. The monoisotopic (exact) mass is 522 g/mol. The van der Waals surface area contributed by atoms with Crippen LogP contribution in [-0.2, 0) is 0 Å². The van der Waals surface area contributed by atoms with Crippen molar-refractivity contribution in [3.8, 4) is 5.75 Å². The molecule has 1 aromatic carbocycles. The van der Waals surface area contributed by atoms with Crippen LogP contribution >= 0.6 is 34.7 Å². The Morgan fingerprint density at radius 3 is 2.85 bits per heavy atom. The Labute approximate surface area is 214 Å². The van der Waals surface area contributed by atoms with Crippen LogP contribution in [0.2, 0.25) is 5.02 Å². The molecule has 34 heavy (non-hydrogen) atoms. The normalized spacial score (nSPS) is 17.2. The van der Waals surface area contributed by atoms with Gasteiger partial charge in [0.05, 0.1) is 21.9 Å². The van der Waals surface area contributed by atoms with Gasteiger partial charge in [-0.25, -0.2) is 4.39 Å². The third kappa shape index (κ3) is 6.24. The van der Waals surface area contributed by atoms with Gasteiger partial charge in [-0.2, -0.15) is 0 Å². The van der Waals surface area contributed by atoms with Crippen molar-refractivity contribution in [2.45, 2.75) is 42.5 Å². The molecule has 0 saturated carbocycles. The number of thiophene rings is 1. The van der Waals surface area contributed by atoms with Gasteiger partial charge >= 0.3 is 0 Å². The number of halogens is 2. The topological polar surface area (TPSA) is 45.6 Å². The van der Waals surface area contributed by atoms with Gasteiger partial charge < -0.3 is 14.7 Å². The number of aliphatic hydroxyl groups excluding tert-OH is 1. The molecule has 4 nitrogen and oxygen atoms in total. The Morgan fingerprint density at radius 2 is 2.15 bits per heavy atom. The van der Waals surface area contributed by atoms with Crippen molar-refractivity contribution >= 4 is 45.6 Å². The lowest BCUT2D eigenvalue weighted by Crippen LogP contribution is -2.42. The molecule has 1 aliphatic heterocycles. The Hall–Kier alpha value is -1.38. The fraction of sp³-hybridized carbons (Fsp3) is 0.500. The highest BCUT2D eigenvalue weighted by Gasteiger charge is 2.35. The Bertz CT molecular complexity index is 1060. The second-order valence-electron chi connectivity index (χ2n) is 9.04. The lowest BCUT2D eigenvalue weighted by molar-refractivity contribution is 0.0304. The summed E-state index contributed by atoms with van der Waals surface area (Å²) >= 11 is 10.1. The number of methoxy groups -OCH3 is 1. The summed E-state index contributed by atoms with van der Waals surface area (Å²) in [5.74, 6) is 1.77. The largest absolute Gasteiger partial charge is 0.497 e. The van der Waals surface area contributed by atoms with Crippen LogP contribution in [0.1, 0.15) is 43.8 Å². The minimum Gasteiger partial charge on any atom is -0.497 e. The standard InChI is InChI=1S/C26H32ClFN2O2S2/c1-32-19-5-6-23-20(16-19)25(21(27)17-29-23)22(28)7-8-26(18-31)9-12-30(13-10-26)11-3-15-34-24-4-2-14-33-24/h2,4-6,14,16-17,22,31H,3,7-13,15,18H2,1H3/t22-/m1/s1. The number of likely N-dealkylation sites (tertiary alicyclic amines) is 1. The van der Waals surface area contributed by atoms with Crippen LogP contribution in [0.3, 0.4) is 0 Å². The van der Waals surface area contributed by atoms with Gasteiger partial charge in [0.25, 0.3) is 0 Å². The average molecular weight is 523 g/mol. The Morgan fingerprint density at radius 1 is 1.32 bits per heavy atom. The number of aromatic nitrogens is 1. The first-order valence-electron chi connectivity index (χ1n) is 11.8. The van der Waals surface area contributed by atoms with Crippen molar-refractivity contribution < 1.29 is 14.2 Å². The molecule has 0 unspecified atom stereocenters. The van der Waals surface area contributed by atoms with E-state index in [-0.39, 0.29) is 12.0 Å². The number of pyridine rings is 1. The summed E-state index contributed by atoms with van der Waals surface area (Å²) in [7, 11) is 1.59. The number of fused-ring (bicyclic) bond motifs is 1. The van der Waals surface area contributed by atoms with Crippen molar-refractivity contribution in [2.24, 2.45) is 5.41 Å². The average Bonchev–Trinajstić information content (AvgIpc) is 3.39. The molecule has 0 radical (unpaired) electrons. The minimum atomic E-state index is -1.22. The molecular formula is C26H32ClFN2O2S2. The zero-order valence-corrected chi connectivity index (χ0v) is 21.9. The molecule has 1 saturated heterocycles. The first-order valence-corrected chi connectivity index (χ1v) is 14.0. The highest BCUT2D eigenvalue weighted by atomic mass is 35.5. The second kappa shape index (κ2) is 12.0. The van der Waals surface area contributed by atoms with Crippen molar-refractivity contribution in [3.05, 3.63) is 52.5 Å². The molecule has 0 aliphatic carbocycles. The van der Waals surface area contributed by atoms with Crippen molar-refractivity contribution in [3.63, 3.8) is 0 Å². The molecule has 0 amide bonds. The molecule has 3 aromatic rings. The zero-order valence-electron chi connectivity index (χ0n) is 19.5. The number of hydrogen-bond acceptors (Lipinski definition) is 6. The van der Waals surface area contributed by atoms with Crippen LogP contribution in [0.5, 0.6) is 5.75 Å². The molecule has 1 atom stereocenters. The fourth-order valence-corrected chi connectivity index (χ4v) is 6.79. The van der Waals surface area contributed by atoms with E-state index in [0.29, 0.717) is 40.1 Å². The zero-order chi connectivity index (χ0) is 24.0. The van der Waals surface area contributed by atoms with Crippen LogP contribution in [0.25, 0.3) is 10.9 Å². The van der Waals surface area contributed by atoms with E-state index in [1.54, 1.807) is 24.5 Å². The minimum absolute atomic E-state index is 0.0977. The maximum atomic E-state index is 15.6. The number of thioether (sulfide) groups is 1. The SMILES string of the molecule is COc1ccc2ncc(Cl)c([C@H](F)CCC3(CO)CCN(CCCSc4cccs4)CC3)c2c1. The van der Waals surface area contributed by atoms with Crippen LogP contribution in [-0.4, -0.2) is 54.1 Å². The second-order valence-corrected chi connectivity index (χ2v) is 11.8. The maximum Gasteiger partial charge on any atom is 0.127 e. The molecule has 2 aromatic heterocycles. The summed E-state index contributed by atoms with van der Waals surface area (Å²) in [6.45, 7) is 3.08. The summed E-state index contributed by atoms with van der Waals surface area (Å²) in [5, 5.41) is 13.4. The highest BCUT2D eigenvalue weighted by molar-refractivity contribution is 8.01. The summed E-state index contributed by atoms with van der Waals surface area (Å²) in [6, 6.07) is 9.70. The predicted octanol–water partition coefficient (Wildman–Crippen LogP) is 7.01. The van der Waals surface area contributed by atoms with Gasteiger partial charge in [0, 0.05) is 29.5 Å². The molecule has 3 heterocycles. The smallest absolute Gasteiger partial charge is 0.127 e. The van der Waals surface area contributed by atoms with E-state index in [2.05, 4.69) is 27.4 Å². The third-order valence-corrected chi connectivity index (χ3v) is 9.44. The number of ether oxygens (including phenoxy) is 1. The Kier molecular flexibility index (Phi) is 9.10. The number of alkyl halides is 1. The lowest BCUT2D eigenvalue weighted by atomic mass is 9.74. The highest BCUT2D eigenvalue weighted by Crippen LogP contribution is 2.42. The van der Waals surface area contributed by atoms with Gasteiger partial charge in [0.15, 0.2) is 0 Å². The van der Waals surface area contributed by atoms with Gasteiger partial charge in [-0.3, -0.25) is 4.98 Å². The van der Waals surface area contributed by atoms with Crippen molar-refractivity contribution in [1.82, 2.24) is 9.88 Å². The van der Waals surface area contributed by atoms with E-state index in [4.69, 9.17) is 16.3 Å². The maximum absolute atomic E-state index is 15.6. The summed E-state index contributed by atoms with van der Waals surface area (Å²) < 4.78 is 22.3. The molecule has 1 fully saturated rings. The number of aliphatic hydroxyl groups is 1. The number of rotatable bonds is 11. The first-order chi connectivity index (χ1) is 16.5. The van der Waals surface area contributed by atoms with Gasteiger partial charge in [-0.1, -0.05) is 17.7 Å². The first kappa shape index (κ1) is 25.7. The van der Waals surface area contributed by atoms with Gasteiger partial charge in [-0.15, -0.1) is 23.1 Å². The summed E-state index contributed by atoms with van der Waals surface area (Å²) in [5.41, 5.74) is 0.948. The van der Waals surface area contributed by atoms with Crippen LogP contribution in [0.15, 0.2) is 46.1 Å². The van der Waals surface area contributed by atoms with Crippen LogP contribution < -0.4 is 4.74 Å². The number of piperidine rings is 1. The van der Waals surface area contributed by atoms with E-state index in [0.717, 1.165) is 44.6 Å². The lowest BCUT2D eigenvalue weighted by Gasteiger charge is -2.41. The van der Waals surface area contributed by atoms with Gasteiger partial charge in [0.2, 0.25) is 0 Å². The van der Waals surface area contributed by atoms with Crippen LogP contribution in [0.4, 0.5) is 4.39 Å². The molecule has 184 valence electrons. The van der Waals surface area contributed by atoms with E-state index in [1.807, 2.05) is 23.9 Å². The number of hydrogen-bond donors (Lipinski definition) is 1. The molecular weight excluding hydrogens is 491 g/mol. The van der Waals surface area contributed by atoms with Crippen molar-refractivity contribution in [1.29, 1.82) is 0 Å². The molecule has 8 heteroatoms.